The average molecular weight is 300 g/mol. The Morgan fingerprint density at radius 2 is 2.19 bits per heavy atom. The van der Waals surface area contributed by atoms with Crippen LogP contribution in [-0.2, 0) is 11.2 Å². The number of thiazole rings is 1. The molecule has 3 aromatic rings. The summed E-state index contributed by atoms with van der Waals surface area (Å²) in [5.41, 5.74) is 5.50. The summed E-state index contributed by atoms with van der Waals surface area (Å²) in [5, 5.41) is 10.8. The van der Waals surface area contributed by atoms with Crippen LogP contribution in [0.3, 0.4) is 0 Å². The van der Waals surface area contributed by atoms with Crippen molar-refractivity contribution in [3.63, 3.8) is 0 Å². The zero-order chi connectivity index (χ0) is 15.0. The van der Waals surface area contributed by atoms with Gasteiger partial charge in [0.1, 0.15) is 0 Å². The van der Waals surface area contributed by atoms with Crippen molar-refractivity contribution in [1.82, 2.24) is 9.38 Å². The Morgan fingerprint density at radius 3 is 2.90 bits per heavy atom. The third-order valence-corrected chi connectivity index (χ3v) is 4.42. The fourth-order valence-electron chi connectivity index (χ4n) is 2.47. The Balaban J connectivity index is 1.99. The number of aliphatic carboxylic acids is 1. The lowest BCUT2D eigenvalue weighted by Crippen LogP contribution is -1.99. The molecule has 3 rings (SSSR count). The van der Waals surface area contributed by atoms with E-state index < -0.39 is 5.97 Å². The number of aromatic nitrogens is 2. The third-order valence-electron chi connectivity index (χ3n) is 3.54. The molecule has 0 bridgehead atoms. The van der Waals surface area contributed by atoms with E-state index >= 15 is 0 Å². The summed E-state index contributed by atoms with van der Waals surface area (Å²) >= 11 is 1.55. The molecule has 0 amide bonds. The number of rotatable bonds is 4. The maximum absolute atomic E-state index is 10.7. The highest BCUT2D eigenvalue weighted by Crippen LogP contribution is 2.27. The van der Waals surface area contributed by atoms with Crippen molar-refractivity contribution in [3.8, 4) is 11.3 Å². The highest BCUT2D eigenvalue weighted by Gasteiger charge is 2.12. The van der Waals surface area contributed by atoms with Crippen LogP contribution in [0.2, 0.25) is 0 Å². The zero-order valence-corrected chi connectivity index (χ0v) is 12.8. The lowest BCUT2D eigenvalue weighted by atomic mass is 10.0. The van der Waals surface area contributed by atoms with Crippen molar-refractivity contribution in [2.45, 2.75) is 26.7 Å². The molecule has 0 fully saturated rings. The normalized spacial score (nSPS) is 11.1. The second kappa shape index (κ2) is 5.33. The van der Waals surface area contributed by atoms with E-state index in [4.69, 9.17) is 5.11 Å². The van der Waals surface area contributed by atoms with E-state index in [1.807, 2.05) is 16.0 Å². The smallest absolute Gasteiger partial charge is 0.303 e. The maximum Gasteiger partial charge on any atom is 0.303 e. The third kappa shape index (κ3) is 2.69. The predicted octanol–water partition coefficient (Wildman–Crippen LogP) is 3.70. The fourth-order valence-corrected chi connectivity index (χ4v) is 3.38. The van der Waals surface area contributed by atoms with Crippen molar-refractivity contribution >= 4 is 22.3 Å². The SMILES string of the molecule is Cc1ccc(-c2cn3c(CCC(=O)O)csc3n2)c(C)c1. The van der Waals surface area contributed by atoms with Gasteiger partial charge in [-0.25, -0.2) is 4.98 Å². The minimum absolute atomic E-state index is 0.142. The summed E-state index contributed by atoms with van der Waals surface area (Å²) in [6, 6.07) is 6.32. The van der Waals surface area contributed by atoms with Crippen LogP contribution in [0.25, 0.3) is 16.2 Å². The van der Waals surface area contributed by atoms with Gasteiger partial charge < -0.3 is 5.11 Å². The Morgan fingerprint density at radius 1 is 1.38 bits per heavy atom. The summed E-state index contributed by atoms with van der Waals surface area (Å²) in [4.78, 5) is 16.3. The van der Waals surface area contributed by atoms with Gasteiger partial charge in [-0.05, 0) is 25.8 Å². The molecule has 0 radical (unpaired) electrons. The van der Waals surface area contributed by atoms with Crippen LogP contribution in [0.1, 0.15) is 23.2 Å². The van der Waals surface area contributed by atoms with E-state index in [0.29, 0.717) is 6.42 Å². The Labute approximate surface area is 126 Å². The number of carboxylic acid groups (broad SMARTS) is 1. The lowest BCUT2D eigenvalue weighted by Gasteiger charge is -2.03. The number of hydrogen-bond acceptors (Lipinski definition) is 3. The summed E-state index contributed by atoms with van der Waals surface area (Å²) in [5.74, 6) is -0.774. The Hall–Kier alpha value is -2.14. The molecule has 0 aliphatic rings. The summed E-state index contributed by atoms with van der Waals surface area (Å²) in [7, 11) is 0. The number of benzene rings is 1. The monoisotopic (exact) mass is 300 g/mol. The van der Waals surface area contributed by atoms with Gasteiger partial charge in [-0.15, -0.1) is 11.3 Å². The number of aryl methyl sites for hydroxylation is 3. The summed E-state index contributed by atoms with van der Waals surface area (Å²) in [6.07, 6.45) is 2.67. The molecule has 108 valence electrons. The molecule has 0 atom stereocenters. The fraction of sp³-hybridized carbons (Fsp3) is 0.250. The van der Waals surface area contributed by atoms with E-state index in [0.717, 1.165) is 21.9 Å². The maximum atomic E-state index is 10.7. The first-order chi connectivity index (χ1) is 10.0. The van der Waals surface area contributed by atoms with E-state index in [1.54, 1.807) is 11.3 Å². The van der Waals surface area contributed by atoms with Crippen LogP contribution in [0.15, 0.2) is 29.8 Å². The van der Waals surface area contributed by atoms with E-state index in [2.05, 4.69) is 37.0 Å². The molecular formula is C16H16N2O2S. The second-order valence-electron chi connectivity index (χ2n) is 5.22. The molecule has 21 heavy (non-hydrogen) atoms. The Kier molecular flexibility index (Phi) is 3.51. The number of carboxylic acids is 1. The van der Waals surface area contributed by atoms with Crippen molar-refractivity contribution < 1.29 is 9.90 Å². The van der Waals surface area contributed by atoms with Gasteiger partial charge in [-0.3, -0.25) is 9.20 Å². The number of imidazole rings is 1. The topological polar surface area (TPSA) is 54.6 Å². The highest BCUT2D eigenvalue weighted by molar-refractivity contribution is 7.15. The molecule has 5 heteroatoms. The van der Waals surface area contributed by atoms with Crippen LogP contribution in [0.5, 0.6) is 0 Å². The first kappa shape index (κ1) is 13.8. The van der Waals surface area contributed by atoms with Crippen molar-refractivity contribution in [3.05, 3.63) is 46.6 Å². The number of nitrogens with zero attached hydrogens (tertiary/aromatic N) is 2. The van der Waals surface area contributed by atoms with Crippen molar-refractivity contribution in [2.24, 2.45) is 0 Å². The molecule has 0 aliphatic carbocycles. The van der Waals surface area contributed by atoms with Gasteiger partial charge in [0.05, 0.1) is 12.1 Å². The average Bonchev–Trinajstić information content (AvgIpc) is 2.96. The molecule has 4 nitrogen and oxygen atoms in total. The molecule has 0 saturated heterocycles. The zero-order valence-electron chi connectivity index (χ0n) is 12.0. The molecule has 2 aromatic heterocycles. The summed E-state index contributed by atoms with van der Waals surface area (Å²) in [6.45, 7) is 4.16. The van der Waals surface area contributed by atoms with Gasteiger partial charge in [0.25, 0.3) is 0 Å². The molecule has 0 aliphatic heterocycles. The predicted molar refractivity (Wildman–Crippen MR) is 83.9 cm³/mol. The van der Waals surface area contributed by atoms with Crippen LogP contribution < -0.4 is 0 Å². The van der Waals surface area contributed by atoms with Gasteiger partial charge in [0.15, 0.2) is 4.96 Å². The van der Waals surface area contributed by atoms with Gasteiger partial charge in [-0.2, -0.15) is 0 Å². The van der Waals surface area contributed by atoms with Gasteiger partial charge in [0.2, 0.25) is 0 Å². The van der Waals surface area contributed by atoms with E-state index in [1.165, 1.54) is 11.1 Å². The molecule has 1 aromatic carbocycles. The van der Waals surface area contributed by atoms with Crippen LogP contribution in [0.4, 0.5) is 0 Å². The molecular weight excluding hydrogens is 284 g/mol. The highest BCUT2D eigenvalue weighted by atomic mass is 32.1. The van der Waals surface area contributed by atoms with Crippen molar-refractivity contribution in [2.75, 3.05) is 0 Å². The van der Waals surface area contributed by atoms with Crippen molar-refractivity contribution in [1.29, 1.82) is 0 Å². The molecule has 2 heterocycles. The molecule has 0 spiro atoms. The van der Waals surface area contributed by atoms with Gasteiger partial charge in [0, 0.05) is 22.8 Å². The van der Waals surface area contributed by atoms with Crippen LogP contribution in [0, 0.1) is 13.8 Å². The van der Waals surface area contributed by atoms with E-state index in [9.17, 15) is 4.79 Å². The van der Waals surface area contributed by atoms with Gasteiger partial charge >= 0.3 is 5.97 Å². The minimum atomic E-state index is -0.774. The molecule has 0 saturated carbocycles. The quantitative estimate of drug-likeness (QED) is 0.799. The van der Waals surface area contributed by atoms with E-state index in [-0.39, 0.29) is 6.42 Å². The molecule has 1 N–H and O–H groups in total. The summed E-state index contributed by atoms with van der Waals surface area (Å²) < 4.78 is 2.00. The Bertz CT molecular complexity index is 817. The largest absolute Gasteiger partial charge is 0.481 e. The first-order valence-corrected chi connectivity index (χ1v) is 7.67. The molecule has 0 unspecified atom stereocenters. The van der Waals surface area contributed by atoms with Gasteiger partial charge in [-0.1, -0.05) is 23.8 Å². The second-order valence-corrected chi connectivity index (χ2v) is 6.05. The number of carbonyl (C=O) groups is 1. The van der Waals surface area contributed by atoms with Crippen LogP contribution >= 0.6 is 11.3 Å². The number of fused-ring (bicyclic) bond motifs is 1. The van der Waals surface area contributed by atoms with Crippen LogP contribution in [-0.4, -0.2) is 20.5 Å². The first-order valence-electron chi connectivity index (χ1n) is 6.79. The minimum Gasteiger partial charge on any atom is -0.481 e. The lowest BCUT2D eigenvalue weighted by molar-refractivity contribution is -0.136. The number of hydrogen-bond donors (Lipinski definition) is 1. The standard InChI is InChI=1S/C16H16N2O2S/c1-10-3-5-13(11(2)7-10)14-8-18-12(4-6-15(19)20)9-21-16(18)17-14/h3,5,7-9H,4,6H2,1-2H3,(H,19,20).